The fraction of sp³-hybridized carbons (Fsp3) is 0.389. The Hall–Kier alpha value is -2.32. The second-order valence-electron chi connectivity index (χ2n) is 6.62. The molecule has 0 unspecified atom stereocenters. The third kappa shape index (κ3) is 2.89. The van der Waals surface area contributed by atoms with E-state index in [0.29, 0.717) is 16.2 Å². The van der Waals surface area contributed by atoms with Crippen molar-refractivity contribution in [3.8, 4) is 0 Å². The lowest BCUT2D eigenvalue weighted by atomic mass is 9.79. The zero-order valence-corrected chi connectivity index (χ0v) is 15.2. The molecule has 2 amide bonds. The maximum atomic E-state index is 12.3. The van der Waals surface area contributed by atoms with Gasteiger partial charge >= 0.3 is 5.97 Å². The van der Waals surface area contributed by atoms with Crippen molar-refractivity contribution >= 4 is 29.5 Å². The lowest BCUT2D eigenvalue weighted by molar-refractivity contribution is -0.163. The Morgan fingerprint density at radius 2 is 1.92 bits per heavy atom. The van der Waals surface area contributed by atoms with Crippen LogP contribution in [-0.2, 0) is 15.3 Å². The number of fused-ring (bicyclic) bond motifs is 1. The Kier molecular flexibility index (Phi) is 4.81. The van der Waals surface area contributed by atoms with E-state index in [1.807, 2.05) is 6.92 Å². The van der Waals surface area contributed by atoms with Crippen LogP contribution < -0.4 is 5.73 Å². The standard InChI is InChI=1S/C18H20N2O5S/c1-8-13-12(9(2)21)17(23)20(13)14(18(24)25)15(8)26-7-10-3-5-11(6-4-10)16(19)22/h3-6,8-9,12-13,21H,7H2,1-2H3,(H2,19,22)(H,24,25)/t8-,9-,12-,13-/m1/s1. The van der Waals surface area contributed by atoms with Crippen molar-refractivity contribution in [2.24, 2.45) is 17.6 Å². The molecule has 2 aliphatic heterocycles. The van der Waals surface area contributed by atoms with E-state index in [1.54, 1.807) is 31.2 Å². The number of rotatable bonds is 6. The SMILES string of the molecule is C[C@@H](O)[C@H]1C(=O)N2C(C(=O)O)=C(SCc3ccc(C(N)=O)cc3)[C@H](C)[C@H]12. The van der Waals surface area contributed by atoms with Crippen LogP contribution in [0.5, 0.6) is 0 Å². The largest absolute Gasteiger partial charge is 0.477 e. The van der Waals surface area contributed by atoms with Crippen LogP contribution in [0, 0.1) is 11.8 Å². The van der Waals surface area contributed by atoms with Crippen LogP contribution in [0.4, 0.5) is 0 Å². The minimum absolute atomic E-state index is 0.0168. The van der Waals surface area contributed by atoms with Crippen molar-refractivity contribution in [2.45, 2.75) is 31.7 Å². The Labute approximate surface area is 154 Å². The van der Waals surface area contributed by atoms with Gasteiger partial charge in [0.25, 0.3) is 0 Å². The van der Waals surface area contributed by atoms with Crippen LogP contribution >= 0.6 is 11.8 Å². The summed E-state index contributed by atoms with van der Waals surface area (Å²) in [6.45, 7) is 3.44. The summed E-state index contributed by atoms with van der Waals surface area (Å²) in [4.78, 5) is 37.1. The highest BCUT2D eigenvalue weighted by molar-refractivity contribution is 8.02. The number of β-lactam (4-membered cyclic amide) rings is 1. The molecule has 2 aliphatic rings. The van der Waals surface area contributed by atoms with E-state index in [4.69, 9.17) is 5.73 Å². The molecule has 138 valence electrons. The first kappa shape index (κ1) is 18.5. The van der Waals surface area contributed by atoms with Gasteiger partial charge in [-0.3, -0.25) is 9.59 Å². The summed E-state index contributed by atoms with van der Waals surface area (Å²) in [6.07, 6.45) is -0.813. The summed E-state index contributed by atoms with van der Waals surface area (Å²) in [5.74, 6) is -2.19. The Morgan fingerprint density at radius 3 is 2.42 bits per heavy atom. The number of amides is 2. The van der Waals surface area contributed by atoms with Crippen molar-refractivity contribution in [3.63, 3.8) is 0 Å². The number of benzene rings is 1. The second kappa shape index (κ2) is 6.77. The number of hydrogen-bond donors (Lipinski definition) is 3. The number of aliphatic hydroxyl groups excluding tert-OH is 1. The first-order chi connectivity index (χ1) is 12.2. The molecule has 8 heteroatoms. The lowest BCUT2D eigenvalue weighted by Gasteiger charge is -2.46. The highest BCUT2D eigenvalue weighted by atomic mass is 32.2. The summed E-state index contributed by atoms with van der Waals surface area (Å²) in [5, 5.41) is 19.4. The minimum atomic E-state index is -1.14. The van der Waals surface area contributed by atoms with Gasteiger partial charge in [-0.2, -0.15) is 0 Å². The number of aliphatic carboxylic acids is 1. The number of thioether (sulfide) groups is 1. The molecule has 0 saturated carbocycles. The van der Waals surface area contributed by atoms with Crippen LogP contribution in [0.1, 0.15) is 29.8 Å². The van der Waals surface area contributed by atoms with E-state index in [0.717, 1.165) is 5.56 Å². The van der Waals surface area contributed by atoms with Gasteiger partial charge in [0, 0.05) is 22.1 Å². The molecule has 0 radical (unpaired) electrons. The van der Waals surface area contributed by atoms with Gasteiger partial charge < -0.3 is 20.8 Å². The van der Waals surface area contributed by atoms with Crippen molar-refractivity contribution in [1.82, 2.24) is 4.90 Å². The quantitative estimate of drug-likeness (QED) is 0.641. The van der Waals surface area contributed by atoms with E-state index in [9.17, 15) is 24.6 Å². The van der Waals surface area contributed by atoms with Crippen LogP contribution in [0.2, 0.25) is 0 Å². The number of aliphatic hydroxyl groups is 1. The molecule has 0 aliphatic carbocycles. The Balaban J connectivity index is 1.81. The monoisotopic (exact) mass is 376 g/mol. The van der Waals surface area contributed by atoms with E-state index >= 15 is 0 Å². The van der Waals surface area contributed by atoms with Gasteiger partial charge in [0.15, 0.2) is 0 Å². The number of nitrogens with two attached hydrogens (primary N) is 1. The summed E-state index contributed by atoms with van der Waals surface area (Å²) >= 11 is 1.37. The molecular weight excluding hydrogens is 356 g/mol. The summed E-state index contributed by atoms with van der Waals surface area (Å²) < 4.78 is 0. The molecule has 4 atom stereocenters. The molecule has 1 aromatic carbocycles. The highest BCUT2D eigenvalue weighted by Crippen LogP contribution is 2.50. The molecule has 7 nitrogen and oxygen atoms in total. The zero-order valence-electron chi connectivity index (χ0n) is 14.4. The summed E-state index contributed by atoms with van der Waals surface area (Å²) in [6, 6.07) is 6.48. The molecule has 26 heavy (non-hydrogen) atoms. The predicted octanol–water partition coefficient (Wildman–Crippen LogP) is 1.17. The molecule has 1 fully saturated rings. The van der Waals surface area contributed by atoms with Crippen molar-refractivity contribution < 1.29 is 24.6 Å². The molecule has 1 saturated heterocycles. The lowest BCUT2D eigenvalue weighted by Crippen LogP contribution is -2.63. The zero-order chi connectivity index (χ0) is 19.2. The van der Waals surface area contributed by atoms with E-state index in [1.165, 1.54) is 16.7 Å². The third-order valence-electron chi connectivity index (χ3n) is 4.94. The number of nitrogens with zero attached hydrogens (tertiary/aromatic N) is 1. The Morgan fingerprint density at radius 1 is 1.31 bits per heavy atom. The molecule has 2 heterocycles. The number of hydrogen-bond acceptors (Lipinski definition) is 5. The number of carbonyl (C=O) groups excluding carboxylic acids is 2. The molecular formula is C18H20N2O5S. The normalized spacial score (nSPS) is 25.7. The van der Waals surface area contributed by atoms with E-state index in [2.05, 4.69) is 0 Å². The Bertz CT molecular complexity index is 802. The molecule has 3 rings (SSSR count). The van der Waals surface area contributed by atoms with Gasteiger partial charge in [0.1, 0.15) is 5.70 Å². The maximum Gasteiger partial charge on any atom is 0.353 e. The topological polar surface area (TPSA) is 121 Å². The number of carboxylic acid groups (broad SMARTS) is 1. The fourth-order valence-electron chi connectivity index (χ4n) is 3.64. The number of primary amides is 1. The molecule has 0 bridgehead atoms. The van der Waals surface area contributed by atoms with Crippen LogP contribution in [0.25, 0.3) is 0 Å². The first-order valence-corrected chi connectivity index (χ1v) is 9.22. The molecule has 4 N–H and O–H groups in total. The van der Waals surface area contributed by atoms with Gasteiger partial charge in [0.2, 0.25) is 11.8 Å². The van der Waals surface area contributed by atoms with Crippen LogP contribution in [0.15, 0.2) is 34.9 Å². The van der Waals surface area contributed by atoms with Crippen LogP contribution in [-0.4, -0.2) is 45.0 Å². The highest BCUT2D eigenvalue weighted by Gasteiger charge is 2.59. The summed E-state index contributed by atoms with van der Waals surface area (Å²) in [7, 11) is 0. The van der Waals surface area contributed by atoms with Crippen LogP contribution in [0.3, 0.4) is 0 Å². The number of carboxylic acids is 1. The third-order valence-corrected chi connectivity index (χ3v) is 6.30. The number of carbonyl (C=O) groups is 3. The average molecular weight is 376 g/mol. The van der Waals surface area contributed by atoms with Gasteiger partial charge in [-0.15, -0.1) is 11.8 Å². The second-order valence-corrected chi connectivity index (χ2v) is 7.64. The van der Waals surface area contributed by atoms with E-state index < -0.39 is 23.9 Å². The first-order valence-electron chi connectivity index (χ1n) is 8.24. The van der Waals surface area contributed by atoms with Gasteiger partial charge in [-0.05, 0) is 24.6 Å². The van der Waals surface area contributed by atoms with Gasteiger partial charge in [-0.25, -0.2) is 4.79 Å². The van der Waals surface area contributed by atoms with Crippen molar-refractivity contribution in [3.05, 3.63) is 46.0 Å². The van der Waals surface area contributed by atoms with Crippen molar-refractivity contribution in [1.29, 1.82) is 0 Å². The minimum Gasteiger partial charge on any atom is -0.477 e. The fourth-order valence-corrected chi connectivity index (χ4v) is 4.88. The van der Waals surface area contributed by atoms with Crippen molar-refractivity contribution in [2.75, 3.05) is 0 Å². The molecule has 1 aromatic rings. The average Bonchev–Trinajstić information content (AvgIpc) is 2.82. The molecule has 0 spiro atoms. The van der Waals surface area contributed by atoms with E-state index in [-0.39, 0.29) is 23.6 Å². The smallest absolute Gasteiger partial charge is 0.353 e. The summed E-state index contributed by atoms with van der Waals surface area (Å²) in [5.41, 5.74) is 6.56. The molecule has 0 aromatic heterocycles. The predicted molar refractivity (Wildman–Crippen MR) is 95.9 cm³/mol. The maximum absolute atomic E-state index is 12.3. The van der Waals surface area contributed by atoms with Gasteiger partial charge in [-0.1, -0.05) is 19.1 Å². The van der Waals surface area contributed by atoms with Gasteiger partial charge in [0.05, 0.1) is 18.1 Å².